The Balaban J connectivity index is 2.50. The van der Waals surface area contributed by atoms with E-state index in [-0.39, 0.29) is 23.0 Å². The van der Waals surface area contributed by atoms with Crippen molar-refractivity contribution >= 4 is 29.2 Å². The number of alkyl halides is 3. The molecular formula is C23H25Cl2F3O2. The number of esters is 1. The maximum Gasteiger partial charge on any atom is 0.491 e. The van der Waals surface area contributed by atoms with E-state index in [9.17, 15) is 18.0 Å². The van der Waals surface area contributed by atoms with Crippen molar-refractivity contribution in [2.75, 3.05) is 0 Å². The van der Waals surface area contributed by atoms with Crippen LogP contribution in [-0.4, -0.2) is 12.1 Å². The monoisotopic (exact) mass is 460 g/mol. The molecular weight excluding hydrogens is 436 g/mol. The van der Waals surface area contributed by atoms with Gasteiger partial charge in [-0.2, -0.15) is 13.2 Å². The second kappa shape index (κ2) is 8.80. The van der Waals surface area contributed by atoms with Gasteiger partial charge in [0, 0.05) is 16.5 Å². The molecule has 0 aliphatic heterocycles. The lowest BCUT2D eigenvalue weighted by Crippen LogP contribution is -2.28. The summed E-state index contributed by atoms with van der Waals surface area (Å²) in [5, 5.41) is 0.836. The van der Waals surface area contributed by atoms with Crippen LogP contribution in [0.1, 0.15) is 57.7 Å². The maximum atomic E-state index is 12.7. The Bertz CT molecular complexity index is 929. The summed E-state index contributed by atoms with van der Waals surface area (Å²) in [6, 6.07) is 9.83. The van der Waals surface area contributed by atoms with Crippen LogP contribution in [0.5, 0.6) is 5.75 Å². The maximum absolute atomic E-state index is 12.7. The molecule has 0 aliphatic carbocycles. The van der Waals surface area contributed by atoms with Crippen LogP contribution >= 0.6 is 23.2 Å². The molecule has 2 rings (SSSR count). The molecule has 2 aromatic carbocycles. The summed E-state index contributed by atoms with van der Waals surface area (Å²) in [7, 11) is 0. The number of ether oxygens (including phenoxy) is 1. The van der Waals surface area contributed by atoms with Crippen LogP contribution in [0.2, 0.25) is 10.0 Å². The first-order valence-corrected chi connectivity index (χ1v) is 10.2. The van der Waals surface area contributed by atoms with Gasteiger partial charge in [0.15, 0.2) is 0 Å². The van der Waals surface area contributed by atoms with Crippen LogP contribution in [0, 0.1) is 5.41 Å². The third kappa shape index (κ3) is 6.64. The molecule has 0 bridgehead atoms. The number of benzene rings is 2. The highest BCUT2D eigenvalue weighted by atomic mass is 35.5. The largest absolute Gasteiger partial charge is 0.491 e. The third-order valence-electron chi connectivity index (χ3n) is 4.64. The van der Waals surface area contributed by atoms with Gasteiger partial charge in [0.05, 0.1) is 0 Å². The molecule has 0 saturated carbocycles. The average molecular weight is 461 g/mol. The zero-order chi connectivity index (χ0) is 22.9. The van der Waals surface area contributed by atoms with Crippen molar-refractivity contribution in [3.63, 3.8) is 0 Å². The second-order valence-corrected chi connectivity index (χ2v) is 10.1. The summed E-state index contributed by atoms with van der Waals surface area (Å²) in [6.45, 7) is 10.5. The van der Waals surface area contributed by atoms with E-state index in [1.165, 1.54) is 6.07 Å². The molecule has 2 nitrogen and oxygen atoms in total. The quantitative estimate of drug-likeness (QED) is 0.336. The summed E-state index contributed by atoms with van der Waals surface area (Å²) < 4.78 is 42.9. The van der Waals surface area contributed by atoms with Crippen molar-refractivity contribution in [1.82, 2.24) is 0 Å². The minimum absolute atomic E-state index is 0.0462. The Morgan fingerprint density at radius 2 is 1.57 bits per heavy atom. The Morgan fingerprint density at radius 3 is 2.10 bits per heavy atom. The number of carbonyl (C=O) groups excluding carboxylic acids is 1. The van der Waals surface area contributed by atoms with E-state index in [4.69, 9.17) is 23.2 Å². The first-order chi connectivity index (χ1) is 13.6. The number of rotatable bonds is 5. The molecule has 0 saturated heterocycles. The summed E-state index contributed by atoms with van der Waals surface area (Å²) in [6.07, 6.45) is -4.04. The fourth-order valence-corrected chi connectivity index (χ4v) is 4.17. The molecule has 0 N–H and O–H groups in total. The van der Waals surface area contributed by atoms with E-state index < -0.39 is 12.1 Å². The van der Waals surface area contributed by atoms with Crippen molar-refractivity contribution < 1.29 is 22.7 Å². The first kappa shape index (κ1) is 24.5. The van der Waals surface area contributed by atoms with Crippen molar-refractivity contribution in [3.8, 4) is 5.75 Å². The highest BCUT2D eigenvalue weighted by Gasteiger charge is 2.41. The van der Waals surface area contributed by atoms with Crippen molar-refractivity contribution in [1.29, 1.82) is 0 Å². The Labute approximate surface area is 185 Å². The smallest absolute Gasteiger partial charge is 0.420 e. The summed E-state index contributed by atoms with van der Waals surface area (Å²) in [4.78, 5) is 11.4. The van der Waals surface area contributed by atoms with E-state index in [1.54, 1.807) is 30.3 Å². The molecule has 0 fully saturated rings. The molecule has 0 amide bonds. The topological polar surface area (TPSA) is 26.3 Å². The molecule has 0 aliphatic rings. The van der Waals surface area contributed by atoms with Crippen LogP contribution in [-0.2, 0) is 16.6 Å². The fourth-order valence-electron chi connectivity index (χ4n) is 3.69. The van der Waals surface area contributed by atoms with E-state index in [2.05, 4.69) is 39.4 Å². The van der Waals surface area contributed by atoms with Gasteiger partial charge < -0.3 is 4.74 Å². The van der Waals surface area contributed by atoms with Crippen molar-refractivity contribution in [2.45, 2.75) is 59.1 Å². The van der Waals surface area contributed by atoms with E-state index >= 15 is 0 Å². The molecule has 164 valence electrons. The van der Waals surface area contributed by atoms with Crippen molar-refractivity contribution in [3.05, 3.63) is 63.1 Å². The molecule has 0 spiro atoms. The number of hydrogen-bond acceptors (Lipinski definition) is 2. The minimum atomic E-state index is -5.08. The molecule has 0 aromatic heterocycles. The molecule has 0 radical (unpaired) electrons. The van der Waals surface area contributed by atoms with Gasteiger partial charge in [0.25, 0.3) is 0 Å². The van der Waals surface area contributed by atoms with Crippen molar-refractivity contribution in [2.24, 2.45) is 5.41 Å². The van der Waals surface area contributed by atoms with Gasteiger partial charge in [0.2, 0.25) is 0 Å². The van der Waals surface area contributed by atoms with Crippen LogP contribution in [0.4, 0.5) is 13.2 Å². The summed E-state index contributed by atoms with van der Waals surface area (Å²) >= 11 is 12.2. The Hall–Kier alpha value is -1.72. The van der Waals surface area contributed by atoms with Gasteiger partial charge in [-0.25, -0.2) is 4.79 Å². The van der Waals surface area contributed by atoms with Crippen LogP contribution in [0.15, 0.2) is 36.4 Å². The van der Waals surface area contributed by atoms with Gasteiger partial charge in [-0.15, -0.1) is 0 Å². The molecule has 0 unspecified atom stereocenters. The Morgan fingerprint density at radius 1 is 0.933 bits per heavy atom. The molecule has 0 atom stereocenters. The number of hydrogen-bond donors (Lipinski definition) is 0. The normalized spacial score (nSPS) is 12.7. The zero-order valence-corrected chi connectivity index (χ0v) is 19.1. The van der Waals surface area contributed by atoms with Crippen LogP contribution < -0.4 is 4.74 Å². The van der Waals surface area contributed by atoms with Gasteiger partial charge >= 0.3 is 12.1 Å². The fraction of sp³-hybridized carbons (Fsp3) is 0.435. The molecule has 30 heavy (non-hydrogen) atoms. The summed E-state index contributed by atoms with van der Waals surface area (Å²) in [5.41, 5.74) is 1.84. The van der Waals surface area contributed by atoms with E-state index in [0.717, 1.165) is 12.0 Å². The number of halogens is 5. The lowest BCUT2D eigenvalue weighted by atomic mass is 9.72. The lowest BCUT2D eigenvalue weighted by molar-refractivity contribution is -0.189. The molecule has 0 heterocycles. The SMILES string of the molecule is CC(C)(C)CC(C)(C)c1ccc(OC(=O)C(F)(F)F)c(Cc2ccc(Cl)cc2Cl)c1. The van der Waals surface area contributed by atoms with Crippen LogP contribution in [0.25, 0.3) is 0 Å². The van der Waals surface area contributed by atoms with Gasteiger partial charge in [0.1, 0.15) is 5.75 Å². The lowest BCUT2D eigenvalue weighted by Gasteiger charge is -2.33. The van der Waals surface area contributed by atoms with Crippen LogP contribution in [0.3, 0.4) is 0 Å². The zero-order valence-electron chi connectivity index (χ0n) is 17.6. The Kier molecular flexibility index (Phi) is 7.20. The average Bonchev–Trinajstić information content (AvgIpc) is 2.55. The molecule has 2 aromatic rings. The standard InChI is InChI=1S/C23H25Cl2F3O2/c1-21(2,3)13-22(4,5)16-7-9-19(30-20(29)23(26,27)28)15(11-16)10-14-6-8-17(24)12-18(14)25/h6-9,11-12H,10,13H2,1-5H3. The third-order valence-corrected chi connectivity index (χ3v) is 5.23. The van der Waals surface area contributed by atoms with E-state index in [1.807, 2.05) is 0 Å². The highest BCUT2D eigenvalue weighted by molar-refractivity contribution is 6.35. The minimum Gasteiger partial charge on any atom is -0.420 e. The van der Waals surface area contributed by atoms with Gasteiger partial charge in [-0.3, -0.25) is 0 Å². The predicted molar refractivity (Wildman–Crippen MR) is 114 cm³/mol. The molecule has 7 heteroatoms. The summed E-state index contributed by atoms with van der Waals surface area (Å²) in [5.74, 6) is -2.40. The van der Waals surface area contributed by atoms with Gasteiger partial charge in [-0.1, -0.05) is 76.0 Å². The van der Waals surface area contributed by atoms with E-state index in [0.29, 0.717) is 21.2 Å². The first-order valence-electron chi connectivity index (χ1n) is 9.45. The van der Waals surface area contributed by atoms with Gasteiger partial charge in [-0.05, 0) is 52.1 Å². The number of carbonyl (C=O) groups is 1. The predicted octanol–water partition coefficient (Wildman–Crippen LogP) is 7.77. The highest BCUT2D eigenvalue weighted by Crippen LogP contribution is 2.39. The second-order valence-electron chi connectivity index (χ2n) is 9.24.